The van der Waals surface area contributed by atoms with Gasteiger partial charge >= 0.3 is 0 Å². The molecule has 0 saturated heterocycles. The molecule has 3 heteroatoms. The molecule has 0 bridgehead atoms. The molecule has 0 saturated carbocycles. The van der Waals surface area contributed by atoms with Gasteiger partial charge in [0.05, 0.1) is 0 Å². The van der Waals surface area contributed by atoms with Gasteiger partial charge in [-0.05, 0) is 37.9 Å². The van der Waals surface area contributed by atoms with Crippen LogP contribution in [-0.4, -0.2) is 38.9 Å². The Morgan fingerprint density at radius 2 is 1.70 bits per heavy atom. The normalized spacial score (nSPS) is 15.3. The van der Waals surface area contributed by atoms with Crippen LogP contribution in [0.4, 0.5) is 0 Å². The van der Waals surface area contributed by atoms with Crippen molar-refractivity contribution in [3.05, 3.63) is 35.9 Å². The highest BCUT2D eigenvalue weighted by Crippen LogP contribution is 2.36. The number of thioether (sulfide) groups is 1. The van der Waals surface area contributed by atoms with Crippen LogP contribution in [0.2, 0.25) is 25.7 Å². The van der Waals surface area contributed by atoms with Crippen LogP contribution in [-0.2, 0) is 0 Å². The molecule has 1 aromatic carbocycles. The molecule has 2 atom stereocenters. The molecule has 20 heavy (non-hydrogen) atoms. The number of likely N-dealkylation sites (N-methyl/N-ethyl adjacent to an activating group) is 1. The molecule has 0 aliphatic carbocycles. The Bertz CT molecular complexity index is 372. The van der Waals surface area contributed by atoms with Gasteiger partial charge in [0.25, 0.3) is 0 Å². The maximum atomic E-state index is 2.47. The van der Waals surface area contributed by atoms with E-state index in [9.17, 15) is 0 Å². The topological polar surface area (TPSA) is 3.24 Å². The Kier molecular flexibility index (Phi) is 7.34. The van der Waals surface area contributed by atoms with Gasteiger partial charge in [0.2, 0.25) is 0 Å². The van der Waals surface area contributed by atoms with Gasteiger partial charge in [0.15, 0.2) is 0 Å². The van der Waals surface area contributed by atoms with E-state index in [1.54, 1.807) is 0 Å². The fraction of sp³-hybridized carbons (Fsp3) is 0.647. The summed E-state index contributed by atoms with van der Waals surface area (Å²) < 4.78 is 0. The minimum Gasteiger partial charge on any atom is -0.305 e. The summed E-state index contributed by atoms with van der Waals surface area (Å²) in [7, 11) is 3.49. The second kappa shape index (κ2) is 8.25. The average molecular weight is 310 g/mol. The molecule has 0 N–H and O–H groups in total. The van der Waals surface area contributed by atoms with Gasteiger partial charge in [-0.3, -0.25) is 0 Å². The van der Waals surface area contributed by atoms with Crippen LogP contribution in [0.5, 0.6) is 0 Å². The van der Waals surface area contributed by atoms with Crippen LogP contribution in [0.3, 0.4) is 0 Å². The van der Waals surface area contributed by atoms with Crippen LogP contribution in [0.1, 0.15) is 24.2 Å². The van der Waals surface area contributed by atoms with Gasteiger partial charge in [0.1, 0.15) is 0 Å². The lowest BCUT2D eigenvalue weighted by Gasteiger charge is -2.32. The van der Waals surface area contributed by atoms with Crippen molar-refractivity contribution in [1.82, 2.24) is 4.90 Å². The Morgan fingerprint density at radius 1 is 1.10 bits per heavy atom. The van der Waals surface area contributed by atoms with Crippen LogP contribution in [0.15, 0.2) is 30.3 Å². The summed E-state index contributed by atoms with van der Waals surface area (Å²) in [5.74, 6) is 1.29. The highest BCUT2D eigenvalue weighted by molar-refractivity contribution is 7.99. The maximum Gasteiger partial charge on any atom is 0.0452 e. The summed E-state index contributed by atoms with van der Waals surface area (Å²) in [6.07, 6.45) is 1.20. The van der Waals surface area contributed by atoms with Crippen molar-refractivity contribution < 1.29 is 0 Å². The van der Waals surface area contributed by atoms with E-state index < -0.39 is 8.07 Å². The lowest BCUT2D eigenvalue weighted by Crippen LogP contribution is -2.32. The van der Waals surface area contributed by atoms with Crippen molar-refractivity contribution in [2.75, 3.05) is 19.8 Å². The van der Waals surface area contributed by atoms with Crippen molar-refractivity contribution in [2.45, 2.75) is 50.3 Å². The van der Waals surface area contributed by atoms with Gasteiger partial charge in [-0.2, -0.15) is 11.8 Å². The lowest BCUT2D eigenvalue weighted by molar-refractivity contribution is 0.280. The molecule has 1 nitrogen and oxygen atoms in total. The fourth-order valence-corrected chi connectivity index (χ4v) is 6.60. The Balaban J connectivity index is 2.80. The largest absolute Gasteiger partial charge is 0.305 e. The SMILES string of the molecule is CCC(C(SCC[Si](C)(C)C)c1ccccc1)N(C)C. The zero-order valence-electron chi connectivity index (χ0n) is 14.0. The third kappa shape index (κ3) is 6.02. The van der Waals surface area contributed by atoms with Gasteiger partial charge in [-0.25, -0.2) is 0 Å². The number of hydrogen-bond donors (Lipinski definition) is 0. The molecule has 0 aliphatic rings. The first-order chi connectivity index (χ1) is 9.35. The highest BCUT2D eigenvalue weighted by Gasteiger charge is 2.24. The zero-order valence-corrected chi connectivity index (χ0v) is 15.8. The van der Waals surface area contributed by atoms with Gasteiger partial charge < -0.3 is 4.90 Å². The minimum atomic E-state index is -0.932. The zero-order chi connectivity index (χ0) is 15.2. The predicted octanol–water partition coefficient (Wildman–Crippen LogP) is 5.14. The molecule has 0 aromatic heterocycles. The second-order valence-electron chi connectivity index (χ2n) is 6.95. The summed E-state index contributed by atoms with van der Waals surface area (Å²) in [5, 5.41) is 0.590. The van der Waals surface area contributed by atoms with Crippen LogP contribution in [0, 0.1) is 0 Å². The van der Waals surface area contributed by atoms with Gasteiger partial charge in [0, 0.05) is 19.4 Å². The molecule has 0 fully saturated rings. The molecule has 1 aromatic rings. The molecule has 0 radical (unpaired) electrons. The number of hydrogen-bond acceptors (Lipinski definition) is 2. The summed E-state index contributed by atoms with van der Waals surface area (Å²) in [6.45, 7) is 9.71. The van der Waals surface area contributed by atoms with Gasteiger partial charge in [-0.15, -0.1) is 0 Å². The first-order valence-corrected chi connectivity index (χ1v) is 12.4. The maximum absolute atomic E-state index is 2.47. The van der Waals surface area contributed by atoms with E-state index in [1.807, 2.05) is 0 Å². The van der Waals surface area contributed by atoms with E-state index in [0.29, 0.717) is 11.3 Å². The van der Waals surface area contributed by atoms with E-state index in [1.165, 1.54) is 23.8 Å². The fourth-order valence-electron chi connectivity index (χ4n) is 2.41. The molecule has 0 heterocycles. The number of benzene rings is 1. The van der Waals surface area contributed by atoms with Crippen molar-refractivity contribution in [3.8, 4) is 0 Å². The van der Waals surface area contributed by atoms with E-state index in [2.05, 4.69) is 87.7 Å². The lowest BCUT2D eigenvalue weighted by atomic mass is 10.0. The van der Waals surface area contributed by atoms with Crippen molar-refractivity contribution in [3.63, 3.8) is 0 Å². The second-order valence-corrected chi connectivity index (χ2v) is 13.8. The number of rotatable bonds is 8. The molecular formula is C17H31NSSi. The highest BCUT2D eigenvalue weighted by atomic mass is 32.2. The summed E-state index contributed by atoms with van der Waals surface area (Å²) in [6, 6.07) is 13.1. The first kappa shape index (κ1) is 17.8. The molecular weight excluding hydrogens is 278 g/mol. The molecule has 0 aliphatic heterocycles. The minimum absolute atomic E-state index is 0.590. The summed E-state index contributed by atoms with van der Waals surface area (Å²) >= 11 is 2.16. The van der Waals surface area contributed by atoms with Gasteiger partial charge in [-0.1, -0.05) is 56.9 Å². The van der Waals surface area contributed by atoms with E-state index in [-0.39, 0.29) is 0 Å². The van der Waals surface area contributed by atoms with E-state index in [4.69, 9.17) is 0 Å². The summed E-state index contributed by atoms with van der Waals surface area (Å²) in [4.78, 5) is 2.39. The smallest absolute Gasteiger partial charge is 0.0452 e. The third-order valence-electron chi connectivity index (χ3n) is 3.71. The Hall–Kier alpha value is -0.253. The van der Waals surface area contributed by atoms with E-state index >= 15 is 0 Å². The molecule has 0 spiro atoms. The molecule has 1 rings (SSSR count). The van der Waals surface area contributed by atoms with Crippen LogP contribution < -0.4 is 0 Å². The Labute approximate surface area is 131 Å². The van der Waals surface area contributed by atoms with Crippen molar-refractivity contribution in [1.29, 1.82) is 0 Å². The molecule has 0 amide bonds. The molecule has 114 valence electrons. The Morgan fingerprint density at radius 3 is 2.15 bits per heavy atom. The monoisotopic (exact) mass is 309 g/mol. The predicted molar refractivity (Wildman–Crippen MR) is 97.6 cm³/mol. The summed E-state index contributed by atoms with van der Waals surface area (Å²) in [5.41, 5.74) is 1.48. The molecule has 2 unspecified atom stereocenters. The van der Waals surface area contributed by atoms with Crippen molar-refractivity contribution >= 4 is 19.8 Å². The standard InChI is InChI=1S/C17H31NSSi/c1-7-16(18(2)3)17(15-11-9-8-10-12-15)19-13-14-20(4,5)6/h8-12,16-17H,7,13-14H2,1-6H3. The van der Waals surface area contributed by atoms with E-state index in [0.717, 1.165) is 0 Å². The third-order valence-corrected chi connectivity index (χ3v) is 7.21. The number of nitrogens with zero attached hydrogens (tertiary/aromatic N) is 1. The average Bonchev–Trinajstić information content (AvgIpc) is 2.37. The first-order valence-electron chi connectivity index (χ1n) is 7.68. The van der Waals surface area contributed by atoms with Crippen LogP contribution >= 0.6 is 11.8 Å². The van der Waals surface area contributed by atoms with Crippen LogP contribution in [0.25, 0.3) is 0 Å². The van der Waals surface area contributed by atoms with Crippen molar-refractivity contribution in [2.24, 2.45) is 0 Å². The quantitative estimate of drug-likeness (QED) is 0.612.